The first-order chi connectivity index (χ1) is 10.6. The quantitative estimate of drug-likeness (QED) is 0.336. The predicted molar refractivity (Wildman–Crippen MR) is 115 cm³/mol. The molecule has 140 valence electrons. The van der Waals surface area contributed by atoms with E-state index < -0.39 is 9.84 Å². The molecule has 0 aliphatic carbocycles. The van der Waals surface area contributed by atoms with Gasteiger partial charge in [-0.1, -0.05) is 13.8 Å². The van der Waals surface area contributed by atoms with Crippen LogP contribution in [0.3, 0.4) is 0 Å². The van der Waals surface area contributed by atoms with Gasteiger partial charge in [0.05, 0.1) is 12.3 Å². The van der Waals surface area contributed by atoms with E-state index >= 15 is 0 Å². The third-order valence-electron chi connectivity index (χ3n) is 3.42. The van der Waals surface area contributed by atoms with E-state index in [0.717, 1.165) is 12.5 Å². The van der Waals surface area contributed by atoms with E-state index in [9.17, 15) is 8.42 Å². The molecule has 8 heteroatoms. The number of rotatable bonds is 8. The minimum atomic E-state index is -2.92. The van der Waals surface area contributed by atoms with E-state index in [-0.39, 0.29) is 35.1 Å². The normalized spacial score (nSPS) is 12.6. The summed E-state index contributed by atoms with van der Waals surface area (Å²) >= 11 is 1.75. The number of nitrogens with zero attached hydrogens (tertiary/aromatic N) is 1. The number of nitrogens with one attached hydrogen (secondary N) is 2. The van der Waals surface area contributed by atoms with Crippen molar-refractivity contribution in [2.75, 3.05) is 25.1 Å². The van der Waals surface area contributed by atoms with Crippen molar-refractivity contribution in [2.24, 2.45) is 10.4 Å². The number of aliphatic imine (C=N–C) groups is 1. The summed E-state index contributed by atoms with van der Waals surface area (Å²) in [5, 5.41) is 6.55. The van der Waals surface area contributed by atoms with Crippen LogP contribution in [0.2, 0.25) is 0 Å². The molecule has 0 aliphatic heterocycles. The van der Waals surface area contributed by atoms with Gasteiger partial charge in [-0.25, -0.2) is 13.4 Å². The highest BCUT2D eigenvalue weighted by molar-refractivity contribution is 14.0. The highest BCUT2D eigenvalue weighted by Crippen LogP contribution is 2.20. The van der Waals surface area contributed by atoms with Gasteiger partial charge in [0.15, 0.2) is 5.96 Å². The van der Waals surface area contributed by atoms with Crippen LogP contribution in [0.5, 0.6) is 0 Å². The summed E-state index contributed by atoms with van der Waals surface area (Å²) in [7, 11) is -2.92. The highest BCUT2D eigenvalue weighted by Gasteiger charge is 2.20. The van der Waals surface area contributed by atoms with Gasteiger partial charge in [0, 0.05) is 29.1 Å². The lowest BCUT2D eigenvalue weighted by molar-refractivity contribution is 0.348. The van der Waals surface area contributed by atoms with Gasteiger partial charge in [0.1, 0.15) is 9.84 Å². The standard InChI is InChI=1S/C16H29N3O2S2.HI/c1-6-17-15(18-11-14-8-7-13(2)22-14)19-12-16(3,4)9-10-23(5,20)21;/h7-8H,6,9-12H2,1-5H3,(H2,17,18,19);1H. The van der Waals surface area contributed by atoms with Crippen LogP contribution in [0.4, 0.5) is 0 Å². The lowest BCUT2D eigenvalue weighted by Crippen LogP contribution is -2.42. The number of aryl methyl sites for hydroxylation is 1. The number of thiophene rings is 1. The first-order valence-electron chi connectivity index (χ1n) is 7.86. The highest BCUT2D eigenvalue weighted by atomic mass is 127. The zero-order valence-electron chi connectivity index (χ0n) is 15.2. The van der Waals surface area contributed by atoms with E-state index in [2.05, 4.69) is 48.5 Å². The molecular formula is C16H30IN3O2S2. The molecular weight excluding hydrogens is 457 g/mol. The summed E-state index contributed by atoms with van der Waals surface area (Å²) in [6.07, 6.45) is 1.91. The fourth-order valence-corrected chi connectivity index (χ4v) is 3.68. The SMILES string of the molecule is CCNC(=NCc1ccc(C)s1)NCC(C)(C)CCS(C)(=O)=O.I. The van der Waals surface area contributed by atoms with E-state index in [4.69, 9.17) is 0 Å². The molecule has 0 bridgehead atoms. The second-order valence-electron chi connectivity index (χ2n) is 6.61. The molecule has 1 aromatic heterocycles. The third-order valence-corrected chi connectivity index (χ3v) is 5.35. The number of hydrogen-bond acceptors (Lipinski definition) is 4. The average molecular weight is 487 g/mol. The molecule has 0 fully saturated rings. The van der Waals surface area contributed by atoms with Crippen LogP contribution in [-0.4, -0.2) is 39.5 Å². The molecule has 2 N–H and O–H groups in total. The second-order valence-corrected chi connectivity index (χ2v) is 10.2. The smallest absolute Gasteiger partial charge is 0.191 e. The Hall–Kier alpha value is -0.350. The molecule has 0 unspecified atom stereocenters. The lowest BCUT2D eigenvalue weighted by atomic mass is 9.90. The number of hydrogen-bond donors (Lipinski definition) is 2. The van der Waals surface area contributed by atoms with Gasteiger partial charge in [-0.3, -0.25) is 0 Å². The zero-order chi connectivity index (χ0) is 17.5. The van der Waals surface area contributed by atoms with Crippen LogP contribution in [0.1, 0.15) is 36.9 Å². The van der Waals surface area contributed by atoms with Gasteiger partial charge in [0.2, 0.25) is 0 Å². The van der Waals surface area contributed by atoms with Crippen molar-refractivity contribution in [1.29, 1.82) is 0 Å². The molecule has 1 aromatic rings. The maximum Gasteiger partial charge on any atom is 0.191 e. The van der Waals surface area contributed by atoms with Crippen LogP contribution in [0.25, 0.3) is 0 Å². The summed E-state index contributed by atoms with van der Waals surface area (Å²) in [5.74, 6) is 0.982. The van der Waals surface area contributed by atoms with Crippen molar-refractivity contribution >= 4 is 51.1 Å². The Morgan fingerprint density at radius 3 is 2.46 bits per heavy atom. The van der Waals surface area contributed by atoms with E-state index in [0.29, 0.717) is 19.5 Å². The summed E-state index contributed by atoms with van der Waals surface area (Å²) in [6, 6.07) is 4.20. The predicted octanol–water partition coefficient (Wildman–Crippen LogP) is 3.19. The van der Waals surface area contributed by atoms with Gasteiger partial charge >= 0.3 is 0 Å². The average Bonchev–Trinajstić information content (AvgIpc) is 2.85. The summed E-state index contributed by atoms with van der Waals surface area (Å²) in [4.78, 5) is 7.12. The van der Waals surface area contributed by atoms with E-state index in [1.54, 1.807) is 11.3 Å². The van der Waals surface area contributed by atoms with Crippen LogP contribution >= 0.6 is 35.3 Å². The fraction of sp³-hybridized carbons (Fsp3) is 0.688. The lowest BCUT2D eigenvalue weighted by Gasteiger charge is -2.25. The van der Waals surface area contributed by atoms with Gasteiger partial charge < -0.3 is 10.6 Å². The Morgan fingerprint density at radius 1 is 1.29 bits per heavy atom. The molecule has 0 atom stereocenters. The maximum atomic E-state index is 11.3. The maximum absolute atomic E-state index is 11.3. The molecule has 0 aromatic carbocycles. The molecule has 0 spiro atoms. The molecule has 1 rings (SSSR count). The first-order valence-corrected chi connectivity index (χ1v) is 10.7. The zero-order valence-corrected chi connectivity index (χ0v) is 19.1. The van der Waals surface area contributed by atoms with Crippen molar-refractivity contribution in [3.05, 3.63) is 21.9 Å². The molecule has 24 heavy (non-hydrogen) atoms. The van der Waals surface area contributed by atoms with Gasteiger partial charge in [-0.2, -0.15) is 0 Å². The molecule has 0 amide bonds. The molecule has 0 aliphatic rings. The Morgan fingerprint density at radius 2 is 1.96 bits per heavy atom. The van der Waals surface area contributed by atoms with Crippen LogP contribution in [0.15, 0.2) is 17.1 Å². The minimum Gasteiger partial charge on any atom is -0.357 e. The summed E-state index contributed by atoms with van der Waals surface area (Å²) in [5.41, 5.74) is -0.112. The Labute approximate surface area is 167 Å². The second kappa shape index (κ2) is 10.6. The minimum absolute atomic E-state index is 0. The summed E-state index contributed by atoms with van der Waals surface area (Å²) in [6.45, 7) is 10.4. The van der Waals surface area contributed by atoms with Crippen LogP contribution in [-0.2, 0) is 16.4 Å². The van der Waals surface area contributed by atoms with Gasteiger partial charge in [-0.15, -0.1) is 35.3 Å². The molecule has 0 saturated carbocycles. The largest absolute Gasteiger partial charge is 0.357 e. The molecule has 1 heterocycles. The first kappa shape index (κ1) is 23.6. The van der Waals surface area contributed by atoms with Crippen LogP contribution < -0.4 is 10.6 Å². The fourth-order valence-electron chi connectivity index (χ4n) is 1.94. The molecule has 0 saturated heterocycles. The van der Waals surface area contributed by atoms with Crippen molar-refractivity contribution in [2.45, 2.75) is 40.7 Å². The third kappa shape index (κ3) is 10.5. The topological polar surface area (TPSA) is 70.6 Å². The Kier molecular flexibility index (Phi) is 10.4. The molecule has 0 radical (unpaired) electrons. The van der Waals surface area contributed by atoms with Crippen molar-refractivity contribution in [3.8, 4) is 0 Å². The molecule has 5 nitrogen and oxygen atoms in total. The van der Waals surface area contributed by atoms with E-state index in [1.807, 2.05) is 6.92 Å². The van der Waals surface area contributed by atoms with Crippen molar-refractivity contribution < 1.29 is 8.42 Å². The number of halogens is 1. The number of sulfone groups is 1. The van der Waals surface area contributed by atoms with E-state index in [1.165, 1.54) is 16.0 Å². The van der Waals surface area contributed by atoms with Crippen molar-refractivity contribution in [1.82, 2.24) is 10.6 Å². The van der Waals surface area contributed by atoms with Crippen LogP contribution in [0, 0.1) is 12.3 Å². The number of guanidine groups is 1. The Balaban J connectivity index is 0.00000529. The van der Waals surface area contributed by atoms with Gasteiger partial charge in [0.25, 0.3) is 0 Å². The monoisotopic (exact) mass is 487 g/mol. The Bertz CT molecular complexity index is 625. The van der Waals surface area contributed by atoms with Gasteiger partial charge in [-0.05, 0) is 37.8 Å². The summed E-state index contributed by atoms with van der Waals surface area (Å²) < 4.78 is 22.6. The van der Waals surface area contributed by atoms with Crippen molar-refractivity contribution in [3.63, 3.8) is 0 Å².